The van der Waals surface area contributed by atoms with Gasteiger partial charge in [-0.1, -0.05) is 34.8 Å². The quantitative estimate of drug-likeness (QED) is 0.611. The molecule has 0 saturated heterocycles. The highest BCUT2D eigenvalue weighted by atomic mass is 35.5. The van der Waals surface area contributed by atoms with Gasteiger partial charge in [-0.3, -0.25) is 14.9 Å². The van der Waals surface area contributed by atoms with Crippen LogP contribution in [0.15, 0.2) is 30.3 Å². The summed E-state index contributed by atoms with van der Waals surface area (Å²) in [5.41, 5.74) is 0.992. The van der Waals surface area contributed by atoms with E-state index in [9.17, 15) is 14.9 Å². The molecule has 0 unspecified atom stereocenters. The van der Waals surface area contributed by atoms with Gasteiger partial charge in [0.25, 0.3) is 11.6 Å². The molecule has 1 amide bonds. The number of carbonyl (C=O) groups excluding carboxylic acids is 1. The minimum atomic E-state index is -0.583. The predicted molar refractivity (Wildman–Crippen MR) is 87.3 cm³/mol. The van der Waals surface area contributed by atoms with E-state index in [1.54, 1.807) is 6.92 Å². The lowest BCUT2D eigenvalue weighted by molar-refractivity contribution is -0.384. The number of hydrogen-bond donors (Lipinski definition) is 1. The Balaban J connectivity index is 2.30. The Bertz CT molecular complexity index is 778. The van der Waals surface area contributed by atoms with Crippen molar-refractivity contribution >= 4 is 52.1 Å². The molecule has 114 valence electrons. The van der Waals surface area contributed by atoms with E-state index in [0.29, 0.717) is 21.8 Å². The van der Waals surface area contributed by atoms with Crippen molar-refractivity contribution in [2.75, 3.05) is 5.32 Å². The van der Waals surface area contributed by atoms with Gasteiger partial charge in [0.15, 0.2) is 0 Å². The number of halogens is 3. The van der Waals surface area contributed by atoms with Crippen molar-refractivity contribution in [2.24, 2.45) is 0 Å². The Morgan fingerprint density at radius 2 is 1.77 bits per heavy atom. The van der Waals surface area contributed by atoms with Crippen molar-refractivity contribution < 1.29 is 9.72 Å². The number of hydrogen-bond acceptors (Lipinski definition) is 3. The van der Waals surface area contributed by atoms with E-state index in [1.807, 2.05) is 0 Å². The molecule has 0 atom stereocenters. The number of nitro benzene ring substituents is 1. The van der Waals surface area contributed by atoms with Crippen molar-refractivity contribution in [2.45, 2.75) is 6.92 Å². The number of nitrogens with one attached hydrogen (secondary N) is 1. The third kappa shape index (κ3) is 3.50. The van der Waals surface area contributed by atoms with E-state index in [0.717, 1.165) is 0 Å². The Labute approximate surface area is 140 Å². The van der Waals surface area contributed by atoms with Crippen molar-refractivity contribution in [3.05, 3.63) is 66.6 Å². The first-order chi connectivity index (χ1) is 10.3. The fourth-order valence-electron chi connectivity index (χ4n) is 1.77. The highest BCUT2D eigenvalue weighted by Crippen LogP contribution is 2.31. The first kappa shape index (κ1) is 16.5. The third-order valence-corrected chi connectivity index (χ3v) is 3.96. The van der Waals surface area contributed by atoms with E-state index in [2.05, 4.69) is 5.32 Å². The van der Waals surface area contributed by atoms with E-state index >= 15 is 0 Å². The fourth-order valence-corrected chi connectivity index (χ4v) is 2.30. The smallest absolute Gasteiger partial charge is 0.288 e. The predicted octanol–water partition coefficient (Wildman–Crippen LogP) is 5.12. The Kier molecular flexibility index (Phi) is 4.90. The topological polar surface area (TPSA) is 72.2 Å². The first-order valence-corrected chi connectivity index (χ1v) is 7.14. The van der Waals surface area contributed by atoms with Crippen molar-refractivity contribution in [3.8, 4) is 0 Å². The second-order valence-corrected chi connectivity index (χ2v) is 5.68. The van der Waals surface area contributed by atoms with Crippen LogP contribution in [0.4, 0.5) is 11.4 Å². The van der Waals surface area contributed by atoms with Gasteiger partial charge in [0, 0.05) is 17.3 Å². The zero-order valence-corrected chi connectivity index (χ0v) is 13.5. The van der Waals surface area contributed by atoms with Gasteiger partial charge in [0.2, 0.25) is 0 Å². The monoisotopic (exact) mass is 358 g/mol. The van der Waals surface area contributed by atoms with Gasteiger partial charge in [-0.2, -0.15) is 0 Å². The summed E-state index contributed by atoms with van der Waals surface area (Å²) in [6, 6.07) is 7.10. The number of aryl methyl sites for hydroxylation is 1. The maximum absolute atomic E-state index is 12.2. The van der Waals surface area contributed by atoms with Crippen LogP contribution in [-0.2, 0) is 0 Å². The van der Waals surface area contributed by atoms with Gasteiger partial charge in [-0.25, -0.2) is 0 Å². The van der Waals surface area contributed by atoms with E-state index in [4.69, 9.17) is 34.8 Å². The highest BCUT2D eigenvalue weighted by Gasteiger charge is 2.17. The van der Waals surface area contributed by atoms with Crippen LogP contribution in [-0.4, -0.2) is 10.8 Å². The van der Waals surface area contributed by atoms with Crippen LogP contribution in [0.3, 0.4) is 0 Å². The summed E-state index contributed by atoms with van der Waals surface area (Å²) >= 11 is 17.5. The van der Waals surface area contributed by atoms with Gasteiger partial charge >= 0.3 is 0 Å². The fraction of sp³-hybridized carbons (Fsp3) is 0.0714. The molecule has 5 nitrogen and oxygen atoms in total. The average Bonchev–Trinajstić information content (AvgIpc) is 2.45. The summed E-state index contributed by atoms with van der Waals surface area (Å²) in [7, 11) is 0. The first-order valence-electron chi connectivity index (χ1n) is 6.00. The number of nitrogens with zero attached hydrogens (tertiary/aromatic N) is 1. The zero-order valence-electron chi connectivity index (χ0n) is 11.2. The molecule has 22 heavy (non-hydrogen) atoms. The molecule has 0 radical (unpaired) electrons. The molecule has 0 aliphatic carbocycles. The van der Waals surface area contributed by atoms with Crippen LogP contribution in [0.2, 0.25) is 15.1 Å². The lowest BCUT2D eigenvalue weighted by atomic mass is 10.1. The number of benzene rings is 2. The van der Waals surface area contributed by atoms with Gasteiger partial charge < -0.3 is 5.32 Å². The number of amides is 1. The Morgan fingerprint density at radius 3 is 2.36 bits per heavy atom. The van der Waals surface area contributed by atoms with E-state index in [-0.39, 0.29) is 15.7 Å². The van der Waals surface area contributed by atoms with Crippen LogP contribution in [0, 0.1) is 17.0 Å². The summed E-state index contributed by atoms with van der Waals surface area (Å²) in [5, 5.41) is 14.0. The Morgan fingerprint density at radius 1 is 1.09 bits per heavy atom. The molecular formula is C14H9Cl3N2O3. The number of anilines is 1. The van der Waals surface area contributed by atoms with Gasteiger partial charge in [0.1, 0.15) is 5.02 Å². The van der Waals surface area contributed by atoms with Crippen LogP contribution >= 0.6 is 34.8 Å². The summed E-state index contributed by atoms with van der Waals surface area (Å²) in [5.74, 6) is -0.424. The largest absolute Gasteiger partial charge is 0.322 e. The van der Waals surface area contributed by atoms with Crippen LogP contribution < -0.4 is 5.32 Å². The van der Waals surface area contributed by atoms with Gasteiger partial charge in [0.05, 0.1) is 15.0 Å². The lowest BCUT2D eigenvalue weighted by Crippen LogP contribution is -2.13. The van der Waals surface area contributed by atoms with Crippen LogP contribution in [0.1, 0.15) is 15.9 Å². The van der Waals surface area contributed by atoms with Crippen molar-refractivity contribution in [3.63, 3.8) is 0 Å². The van der Waals surface area contributed by atoms with Crippen LogP contribution in [0.5, 0.6) is 0 Å². The Hall–Kier alpha value is -1.82. The molecular weight excluding hydrogens is 351 g/mol. The minimum absolute atomic E-state index is 0.0555. The average molecular weight is 360 g/mol. The van der Waals surface area contributed by atoms with E-state index < -0.39 is 10.8 Å². The minimum Gasteiger partial charge on any atom is -0.322 e. The molecule has 0 bridgehead atoms. The summed E-state index contributed by atoms with van der Waals surface area (Å²) < 4.78 is 0. The lowest BCUT2D eigenvalue weighted by Gasteiger charge is -2.10. The molecule has 2 rings (SSSR count). The molecule has 0 aliphatic heterocycles. The maximum atomic E-state index is 12.2. The summed E-state index contributed by atoms with van der Waals surface area (Å²) in [6.45, 7) is 1.63. The molecule has 1 N–H and O–H groups in total. The van der Waals surface area contributed by atoms with Gasteiger partial charge in [-0.05, 0) is 36.8 Å². The van der Waals surface area contributed by atoms with Gasteiger partial charge in [-0.15, -0.1) is 0 Å². The normalized spacial score (nSPS) is 10.4. The highest BCUT2D eigenvalue weighted by molar-refractivity contribution is 6.42. The molecule has 0 heterocycles. The summed E-state index contributed by atoms with van der Waals surface area (Å²) in [4.78, 5) is 22.4. The summed E-state index contributed by atoms with van der Waals surface area (Å²) in [6.07, 6.45) is 0. The molecule has 2 aromatic rings. The zero-order chi connectivity index (χ0) is 16.4. The maximum Gasteiger partial charge on any atom is 0.288 e. The second-order valence-electron chi connectivity index (χ2n) is 4.46. The second kappa shape index (κ2) is 6.52. The molecule has 0 aliphatic rings. The molecule has 2 aromatic carbocycles. The van der Waals surface area contributed by atoms with Crippen molar-refractivity contribution in [1.82, 2.24) is 0 Å². The molecule has 0 spiro atoms. The third-order valence-electron chi connectivity index (χ3n) is 2.92. The molecule has 8 heteroatoms. The molecule has 0 aromatic heterocycles. The standard InChI is InChI=1S/C14H9Cl3N2O3/c1-7-4-13(19(21)22)11(17)6-12(7)18-14(20)8-2-3-9(15)10(16)5-8/h2-6H,1H3,(H,18,20). The van der Waals surface area contributed by atoms with Crippen molar-refractivity contribution in [1.29, 1.82) is 0 Å². The number of nitro groups is 1. The van der Waals surface area contributed by atoms with E-state index in [1.165, 1.54) is 30.3 Å². The number of rotatable bonds is 3. The van der Waals surface area contributed by atoms with Crippen LogP contribution in [0.25, 0.3) is 0 Å². The molecule has 0 fully saturated rings. The SMILES string of the molecule is Cc1cc([N+](=O)[O-])c(Cl)cc1NC(=O)c1ccc(Cl)c(Cl)c1. The molecule has 0 saturated carbocycles. The number of carbonyl (C=O) groups is 1.